The molecule has 0 saturated heterocycles. The van der Waals surface area contributed by atoms with E-state index in [9.17, 15) is 30.0 Å². The Bertz CT molecular complexity index is 5360. The number of rotatable bonds is 28. The summed E-state index contributed by atoms with van der Waals surface area (Å²) in [4.78, 5) is 31.5. The molecule has 1 aliphatic heterocycles. The van der Waals surface area contributed by atoms with Gasteiger partial charge in [0.2, 0.25) is 0 Å². The minimum absolute atomic E-state index is 0. The number of thiophene rings is 6. The van der Waals surface area contributed by atoms with Crippen molar-refractivity contribution in [1.29, 1.82) is 0 Å². The van der Waals surface area contributed by atoms with Crippen LogP contribution in [-0.4, -0.2) is 60.6 Å². The molecule has 0 fully saturated rings. The number of hydrogen-bond acceptors (Lipinski definition) is 16. The first-order chi connectivity index (χ1) is 60.3. The summed E-state index contributed by atoms with van der Waals surface area (Å²) in [7, 11) is -1.71. The molecule has 26 heteroatoms. The second-order valence-corrected chi connectivity index (χ2v) is 47.1. The van der Waals surface area contributed by atoms with Crippen molar-refractivity contribution in [1.82, 2.24) is 0 Å². The normalized spacial score (nSPS) is 13.6. The standard InChI is InChI=1S/C17H21ClOS.C16H19ClO2S.C16H17ClOS.C16H19ClOS.C16H17ClOS.C15H23ClO2Si.C6H7BrS.CH4.CH3.Li.Mn.2O/c1-4-6-12-7-8-14(18)10-16(12)17(3,19)13-9-15(5-2)20-11-13;1-3-14-8-12(10-20-14)16(2,19)15-9-13(17)5-4-11(15)6-7-18;1-3-14-8-12(10-19-14)16(2)15-9-13(17)5-4-11(15)6-7-18-16;2*1-3-5-11-6-7-13(17)9-15(11)16(18)12-8-14(4-2)19-10-12;1-15(2,3)19(4,5)18-9-8-12-6-7-14(16)10-13(12)11-17;1-2-6-3-5(7)4-8-6;;;;;;/h7-11,19H,4-6H2,1-3H3;4-5,8-10,18-19H,3,6-7H2,1-2H3;4-5,8-10H,3,6-7H2,1-2H3;6-10,16,18H,3-5H2,1-2H3;6-10H,3-5H2,1-2H3;6-7,10-11H,8-9H2,1-5H3;3-4H,2H2,1H3;1H4;1H3;;;;/q;;;;;;;;-1;+1;;;. The van der Waals surface area contributed by atoms with Crippen molar-refractivity contribution >= 4 is 174 Å². The van der Waals surface area contributed by atoms with Crippen LogP contribution in [0.2, 0.25) is 48.3 Å². The van der Waals surface area contributed by atoms with Gasteiger partial charge in [0.25, 0.3) is 0 Å². The van der Waals surface area contributed by atoms with Gasteiger partial charge in [-0.25, -0.2) is 0 Å². The van der Waals surface area contributed by atoms with Crippen molar-refractivity contribution in [3.8, 4) is 0 Å². The van der Waals surface area contributed by atoms with Crippen molar-refractivity contribution in [3.63, 3.8) is 0 Å². The van der Waals surface area contributed by atoms with Crippen LogP contribution in [0.3, 0.4) is 0 Å². The molecular weight excluding hydrogens is 1980 g/mol. The van der Waals surface area contributed by atoms with Gasteiger partial charge in [0.1, 0.15) is 29.2 Å². The summed E-state index contributed by atoms with van der Waals surface area (Å²) in [5, 5.41) is 58.3. The number of aliphatic hydroxyl groups is 4. The topological polar surface area (TPSA) is 168 Å². The Kier molecular flexibility index (Phi) is 54.6. The van der Waals surface area contributed by atoms with Crippen LogP contribution in [0.25, 0.3) is 0 Å². The predicted molar refractivity (Wildman–Crippen MR) is 559 cm³/mol. The van der Waals surface area contributed by atoms with Crippen LogP contribution < -0.4 is 18.9 Å². The van der Waals surface area contributed by atoms with E-state index in [1.165, 1.54) is 61.6 Å². The van der Waals surface area contributed by atoms with Gasteiger partial charge in [0, 0.05) is 105 Å². The molecule has 0 amide bonds. The van der Waals surface area contributed by atoms with Gasteiger partial charge in [-0.05, 0) is 340 Å². The second kappa shape index (κ2) is 59.1. The van der Waals surface area contributed by atoms with E-state index in [0.717, 1.165) is 169 Å². The molecule has 10 nitrogen and oxygen atoms in total. The molecular formula is C104H130BrCl6LiMnO10S6Si. The minimum atomic E-state index is -1.71. The number of carbonyl (C=O) groups is 2. The number of aryl methyl sites for hydroxylation is 9. The Labute approximate surface area is 857 Å². The van der Waals surface area contributed by atoms with E-state index in [2.05, 4.69) is 172 Å². The molecule has 4 unspecified atom stereocenters. The van der Waals surface area contributed by atoms with Crippen molar-refractivity contribution in [2.24, 2.45) is 0 Å². The number of fused-ring (bicyclic) bond motifs is 1. The Morgan fingerprint density at radius 2 is 0.946 bits per heavy atom. The molecule has 1 aliphatic rings. The zero-order valence-electron chi connectivity index (χ0n) is 77.9. The number of carbonyl (C=O) groups excluding carboxylic acids is 2. The van der Waals surface area contributed by atoms with Gasteiger partial charge in [-0.1, -0.05) is 216 Å². The first-order valence-corrected chi connectivity index (χ1v) is 55.3. The van der Waals surface area contributed by atoms with E-state index in [1.54, 1.807) is 87.9 Å². The maximum atomic E-state index is 12.6. The Morgan fingerprint density at radius 1 is 0.531 bits per heavy atom. The fourth-order valence-electron chi connectivity index (χ4n) is 13.9. The molecule has 7 heterocycles. The molecule has 6 aromatic carbocycles. The summed E-state index contributed by atoms with van der Waals surface area (Å²) in [6, 6.07) is 46.9. The number of benzene rings is 6. The van der Waals surface area contributed by atoms with Gasteiger partial charge < -0.3 is 37.0 Å². The Morgan fingerprint density at radius 3 is 1.42 bits per heavy atom. The first-order valence-electron chi connectivity index (χ1n) is 43.1. The van der Waals surface area contributed by atoms with Gasteiger partial charge in [0.05, 0.1) is 6.61 Å². The molecule has 0 aliphatic carbocycles. The summed E-state index contributed by atoms with van der Waals surface area (Å²) in [5.41, 5.74) is 14.3. The average Bonchev–Trinajstić information content (AvgIpc) is 1.24. The van der Waals surface area contributed by atoms with Crippen molar-refractivity contribution in [2.75, 3.05) is 19.8 Å². The molecule has 0 saturated carbocycles. The number of hydrogen-bond donors (Lipinski definition) is 4. The number of aliphatic hydroxyl groups excluding tert-OH is 2. The third kappa shape index (κ3) is 35.6. The van der Waals surface area contributed by atoms with Crippen molar-refractivity contribution in [2.45, 2.75) is 249 Å². The van der Waals surface area contributed by atoms with E-state index in [4.69, 9.17) is 86.4 Å². The first kappa shape index (κ1) is 120. The summed E-state index contributed by atoms with van der Waals surface area (Å²) < 4.78 is 30.3. The van der Waals surface area contributed by atoms with Crippen LogP contribution in [0.4, 0.5) is 0 Å². The van der Waals surface area contributed by atoms with Crippen LogP contribution in [0.15, 0.2) is 182 Å². The van der Waals surface area contributed by atoms with Gasteiger partial charge in [-0.15, -0.1) is 68.0 Å². The fraction of sp³-hybridized carbons (Fsp3) is 0.394. The second-order valence-electron chi connectivity index (χ2n) is 32.6. The van der Waals surface area contributed by atoms with E-state index in [-0.39, 0.29) is 56.7 Å². The number of halogens is 7. The van der Waals surface area contributed by atoms with Gasteiger partial charge >= 0.3 is 41.4 Å². The van der Waals surface area contributed by atoms with Crippen LogP contribution in [0.1, 0.15) is 270 Å². The Hall–Kier alpha value is -4.23. The van der Waals surface area contributed by atoms with E-state index < -0.39 is 40.4 Å². The molecule has 703 valence electrons. The van der Waals surface area contributed by atoms with Gasteiger partial charge in [-0.3, -0.25) is 9.59 Å². The zero-order valence-corrected chi connectivity index (χ0v) is 91.1. The molecule has 130 heavy (non-hydrogen) atoms. The van der Waals surface area contributed by atoms with E-state index in [1.807, 2.05) is 119 Å². The van der Waals surface area contributed by atoms with Crippen molar-refractivity contribution in [3.05, 3.63) is 344 Å². The predicted octanol–water partition coefficient (Wildman–Crippen LogP) is 29.5. The number of aldehydes is 1. The summed E-state index contributed by atoms with van der Waals surface area (Å²) in [5.74, 6) is 0.0851. The third-order valence-corrected chi connectivity index (χ3v) is 35.5. The quantitative estimate of drug-likeness (QED) is 0.0160. The maximum absolute atomic E-state index is 12.6. The SMILES string of the molecule is C.CC(C)(C)[Si](C)(C)OCCc1ccc(Cl)cc1C=O.CCCc1ccc(Cl)cc1C(=O)c1csc(CC)c1.CCCc1ccc(Cl)cc1C(C)(O)c1csc(CC)c1.CCCc1ccc(Cl)cc1C(O)c1csc(CC)c1.CCc1cc(Br)cs1.CCc1cc(C(C)(O)c2cc(Cl)ccc2CCO)cs1.CCc1cc(C2(C)OCCc3ccc(Cl)cc32)cs1.[CH3-].[Li+].[O]=[Mn]=[O]. The van der Waals surface area contributed by atoms with Gasteiger partial charge in [0.15, 0.2) is 14.1 Å². The monoisotopic (exact) mass is 2110 g/mol. The number of ketones is 1. The zero-order chi connectivity index (χ0) is 94.0. The molecule has 0 spiro atoms. The number of ether oxygens (including phenoxy) is 1. The van der Waals surface area contributed by atoms with Crippen LogP contribution in [0.5, 0.6) is 0 Å². The molecule has 0 radical (unpaired) electrons. The summed E-state index contributed by atoms with van der Waals surface area (Å²) >= 11 is 48.6. The van der Waals surface area contributed by atoms with Gasteiger partial charge in [-0.2, -0.15) is 0 Å². The summed E-state index contributed by atoms with van der Waals surface area (Å²) in [6.45, 7) is 37.6. The summed E-state index contributed by atoms with van der Waals surface area (Å²) in [6.07, 6.45) is 14.6. The van der Waals surface area contributed by atoms with Crippen molar-refractivity contribution < 1.29 is 80.5 Å². The average molecular weight is 2120 g/mol. The molecule has 13 rings (SSSR count). The van der Waals surface area contributed by atoms with E-state index in [0.29, 0.717) is 43.7 Å². The third-order valence-electron chi connectivity index (χ3n) is 22.3. The molecule has 12 aromatic rings. The molecule has 6 aromatic heterocycles. The van der Waals surface area contributed by atoms with Crippen LogP contribution in [0, 0.1) is 7.43 Å². The molecule has 4 N–H and O–H groups in total. The van der Waals surface area contributed by atoms with Crippen LogP contribution >= 0.6 is 154 Å². The fourth-order valence-corrected chi connectivity index (χ4v) is 21.9. The molecule has 0 bridgehead atoms. The molecule has 4 atom stereocenters. The Balaban J connectivity index is 0.000000391. The van der Waals surface area contributed by atoms with E-state index >= 15 is 0 Å². The van der Waals surface area contributed by atoms with Crippen LogP contribution in [-0.2, 0) is 126 Å².